The fourth-order valence-corrected chi connectivity index (χ4v) is 2.66. The van der Waals surface area contributed by atoms with Crippen LogP contribution in [0.2, 0.25) is 0 Å². The molecule has 1 fully saturated rings. The number of phenols is 1. The summed E-state index contributed by atoms with van der Waals surface area (Å²) < 4.78 is 0. The van der Waals surface area contributed by atoms with E-state index in [1.807, 2.05) is 25.3 Å². The van der Waals surface area contributed by atoms with Gasteiger partial charge in [0.05, 0.1) is 17.6 Å². The fourth-order valence-electron chi connectivity index (χ4n) is 2.66. The average molecular weight is 284 g/mol. The molecule has 1 saturated heterocycles. The van der Waals surface area contributed by atoms with Crippen LogP contribution in [0.15, 0.2) is 30.5 Å². The number of benzene rings is 1. The van der Waals surface area contributed by atoms with Crippen LogP contribution in [-0.4, -0.2) is 34.2 Å². The summed E-state index contributed by atoms with van der Waals surface area (Å²) in [7, 11) is 0. The van der Waals surface area contributed by atoms with Gasteiger partial charge < -0.3 is 15.7 Å². The standard InChI is InChI=1S/C16H20N4O/c1-11-15(20-8-6-13(17)7-9-20)10-18-16(19-11)12-2-4-14(21)5-3-12/h2-5,10,13,21H,6-9,17H2,1H3. The Morgan fingerprint density at radius 3 is 2.48 bits per heavy atom. The molecule has 0 radical (unpaired) electrons. The minimum absolute atomic E-state index is 0.247. The molecule has 110 valence electrons. The largest absolute Gasteiger partial charge is 0.508 e. The summed E-state index contributed by atoms with van der Waals surface area (Å²) in [5.74, 6) is 0.932. The van der Waals surface area contributed by atoms with Crippen LogP contribution in [0.3, 0.4) is 0 Å². The van der Waals surface area contributed by atoms with Gasteiger partial charge in [-0.15, -0.1) is 0 Å². The van der Waals surface area contributed by atoms with Crippen LogP contribution in [0.1, 0.15) is 18.5 Å². The monoisotopic (exact) mass is 284 g/mol. The molecular weight excluding hydrogens is 264 g/mol. The van der Waals surface area contributed by atoms with Gasteiger partial charge in [-0.2, -0.15) is 0 Å². The summed E-state index contributed by atoms with van der Waals surface area (Å²) in [6, 6.07) is 7.26. The van der Waals surface area contributed by atoms with Crippen LogP contribution in [0.5, 0.6) is 5.75 Å². The number of aromatic hydroxyl groups is 1. The van der Waals surface area contributed by atoms with Gasteiger partial charge in [-0.1, -0.05) is 0 Å². The number of rotatable bonds is 2. The third kappa shape index (κ3) is 2.97. The van der Waals surface area contributed by atoms with Gasteiger partial charge in [-0.05, 0) is 44.0 Å². The van der Waals surface area contributed by atoms with Gasteiger partial charge in [0.1, 0.15) is 5.75 Å². The second-order valence-electron chi connectivity index (χ2n) is 5.54. The van der Waals surface area contributed by atoms with Crippen LogP contribution >= 0.6 is 0 Å². The van der Waals surface area contributed by atoms with Crippen LogP contribution < -0.4 is 10.6 Å². The number of piperidine rings is 1. The Bertz CT molecular complexity index is 619. The Balaban J connectivity index is 1.84. The van der Waals surface area contributed by atoms with Crippen molar-refractivity contribution in [2.24, 2.45) is 5.73 Å². The van der Waals surface area contributed by atoms with Crippen molar-refractivity contribution in [1.29, 1.82) is 0 Å². The predicted octanol–water partition coefficient (Wildman–Crippen LogP) is 2.09. The Hall–Kier alpha value is -2.14. The molecule has 2 aromatic rings. The predicted molar refractivity (Wildman–Crippen MR) is 83.3 cm³/mol. The smallest absolute Gasteiger partial charge is 0.159 e. The van der Waals surface area contributed by atoms with E-state index in [2.05, 4.69) is 14.9 Å². The summed E-state index contributed by atoms with van der Waals surface area (Å²) in [6.07, 6.45) is 3.92. The molecule has 1 aliphatic heterocycles. The van der Waals surface area contributed by atoms with Gasteiger partial charge >= 0.3 is 0 Å². The minimum atomic E-state index is 0.247. The number of aromatic nitrogens is 2. The Labute approximate surface area is 124 Å². The first-order chi connectivity index (χ1) is 10.1. The maximum Gasteiger partial charge on any atom is 0.159 e. The first-order valence-electron chi connectivity index (χ1n) is 7.27. The molecule has 0 amide bonds. The highest BCUT2D eigenvalue weighted by Gasteiger charge is 2.18. The van der Waals surface area contributed by atoms with Gasteiger partial charge in [0.15, 0.2) is 5.82 Å². The number of hydrogen-bond donors (Lipinski definition) is 2. The molecule has 2 heterocycles. The first-order valence-corrected chi connectivity index (χ1v) is 7.27. The van der Waals surface area contributed by atoms with Gasteiger partial charge in [-0.25, -0.2) is 9.97 Å². The molecule has 3 rings (SSSR count). The van der Waals surface area contributed by atoms with E-state index in [-0.39, 0.29) is 5.75 Å². The molecule has 1 aromatic heterocycles. The van der Waals surface area contributed by atoms with E-state index in [0.717, 1.165) is 42.9 Å². The molecule has 21 heavy (non-hydrogen) atoms. The van der Waals surface area contributed by atoms with Crippen molar-refractivity contribution in [3.05, 3.63) is 36.2 Å². The van der Waals surface area contributed by atoms with Crippen LogP contribution in [0, 0.1) is 6.92 Å². The minimum Gasteiger partial charge on any atom is -0.508 e. The molecule has 5 nitrogen and oxygen atoms in total. The molecule has 0 saturated carbocycles. The number of nitrogens with zero attached hydrogens (tertiary/aromatic N) is 3. The molecule has 0 spiro atoms. The molecule has 0 bridgehead atoms. The lowest BCUT2D eigenvalue weighted by molar-refractivity contribution is 0.475. The van der Waals surface area contributed by atoms with E-state index in [0.29, 0.717) is 11.9 Å². The number of nitrogens with two attached hydrogens (primary N) is 1. The second-order valence-corrected chi connectivity index (χ2v) is 5.54. The maximum atomic E-state index is 9.34. The molecular formula is C16H20N4O. The Kier molecular flexibility index (Phi) is 3.75. The molecule has 1 aliphatic rings. The van der Waals surface area contributed by atoms with Crippen molar-refractivity contribution in [3.63, 3.8) is 0 Å². The van der Waals surface area contributed by atoms with E-state index in [1.165, 1.54) is 0 Å². The van der Waals surface area contributed by atoms with Crippen molar-refractivity contribution in [2.75, 3.05) is 18.0 Å². The van der Waals surface area contributed by atoms with E-state index < -0.39 is 0 Å². The van der Waals surface area contributed by atoms with E-state index in [4.69, 9.17) is 5.73 Å². The third-order valence-electron chi connectivity index (χ3n) is 3.96. The topological polar surface area (TPSA) is 75.3 Å². The summed E-state index contributed by atoms with van der Waals surface area (Å²) >= 11 is 0. The van der Waals surface area contributed by atoms with Gasteiger partial charge in [-0.3, -0.25) is 0 Å². The van der Waals surface area contributed by atoms with Crippen molar-refractivity contribution in [3.8, 4) is 17.1 Å². The van der Waals surface area contributed by atoms with E-state index in [9.17, 15) is 5.11 Å². The summed E-state index contributed by atoms with van der Waals surface area (Å²) in [5, 5.41) is 9.34. The van der Waals surface area contributed by atoms with Gasteiger partial charge in [0.25, 0.3) is 0 Å². The second kappa shape index (κ2) is 5.69. The number of hydrogen-bond acceptors (Lipinski definition) is 5. The fraction of sp³-hybridized carbons (Fsp3) is 0.375. The van der Waals surface area contributed by atoms with Crippen LogP contribution in [-0.2, 0) is 0 Å². The zero-order valence-electron chi connectivity index (χ0n) is 12.2. The lowest BCUT2D eigenvalue weighted by Crippen LogP contribution is -2.40. The van der Waals surface area contributed by atoms with Crippen LogP contribution in [0.25, 0.3) is 11.4 Å². The lowest BCUT2D eigenvalue weighted by Gasteiger charge is -2.32. The molecule has 0 aliphatic carbocycles. The Morgan fingerprint density at radius 1 is 1.19 bits per heavy atom. The summed E-state index contributed by atoms with van der Waals surface area (Å²) in [5.41, 5.74) is 8.92. The van der Waals surface area contributed by atoms with Crippen molar-refractivity contribution < 1.29 is 5.11 Å². The van der Waals surface area contributed by atoms with Crippen LogP contribution in [0.4, 0.5) is 5.69 Å². The SMILES string of the molecule is Cc1nc(-c2ccc(O)cc2)ncc1N1CCC(N)CC1. The highest BCUT2D eigenvalue weighted by molar-refractivity contribution is 5.59. The lowest BCUT2D eigenvalue weighted by atomic mass is 10.1. The third-order valence-corrected chi connectivity index (χ3v) is 3.96. The Morgan fingerprint density at radius 2 is 1.86 bits per heavy atom. The van der Waals surface area contributed by atoms with E-state index in [1.54, 1.807) is 12.1 Å². The van der Waals surface area contributed by atoms with E-state index >= 15 is 0 Å². The molecule has 1 aromatic carbocycles. The molecule has 3 N–H and O–H groups in total. The number of phenolic OH excluding ortho intramolecular Hbond substituents is 1. The van der Waals surface area contributed by atoms with Crippen molar-refractivity contribution in [1.82, 2.24) is 9.97 Å². The molecule has 0 atom stereocenters. The average Bonchev–Trinajstić information content (AvgIpc) is 2.49. The highest BCUT2D eigenvalue weighted by atomic mass is 16.3. The van der Waals surface area contributed by atoms with Gasteiger partial charge in [0, 0.05) is 24.7 Å². The highest BCUT2D eigenvalue weighted by Crippen LogP contribution is 2.25. The normalized spacial score (nSPS) is 16.2. The maximum absolute atomic E-state index is 9.34. The number of anilines is 1. The zero-order valence-corrected chi connectivity index (χ0v) is 12.2. The van der Waals surface area contributed by atoms with Crippen molar-refractivity contribution >= 4 is 5.69 Å². The molecule has 5 heteroatoms. The summed E-state index contributed by atoms with van der Waals surface area (Å²) in [6.45, 7) is 3.93. The zero-order chi connectivity index (χ0) is 14.8. The number of aryl methyl sites for hydroxylation is 1. The first kappa shape index (κ1) is 13.8. The molecule has 0 unspecified atom stereocenters. The summed E-state index contributed by atoms with van der Waals surface area (Å²) in [4.78, 5) is 11.4. The quantitative estimate of drug-likeness (QED) is 0.883. The van der Waals surface area contributed by atoms with Gasteiger partial charge in [0.2, 0.25) is 0 Å². The van der Waals surface area contributed by atoms with Crippen molar-refractivity contribution in [2.45, 2.75) is 25.8 Å².